The van der Waals surface area contributed by atoms with Gasteiger partial charge in [-0.05, 0) is 61.9 Å². The summed E-state index contributed by atoms with van der Waals surface area (Å²) in [5.74, 6) is 1.13. The van der Waals surface area contributed by atoms with Gasteiger partial charge < -0.3 is 14.6 Å². The van der Waals surface area contributed by atoms with Gasteiger partial charge in [-0.1, -0.05) is 17.3 Å². The average Bonchev–Trinajstić information content (AvgIpc) is 3.16. The fraction of sp³-hybridized carbons (Fsp3) is 0.167. The number of hydrogen-bond acceptors (Lipinski definition) is 8. The van der Waals surface area contributed by atoms with Gasteiger partial charge in [0.15, 0.2) is 0 Å². The summed E-state index contributed by atoms with van der Waals surface area (Å²) >= 11 is 0. The standard InChI is InChI=1S/C24H23N5O5S/c1-16-22(17(2)34-28-16)15-33-20-8-4-18(5-9-20)14-23(30)27-19-6-10-21(11-7-19)35(31,32)29-24-25-12-3-13-26-24/h3-13H,14-15H2,1-2H3,(H,27,30)(H,25,26,29). The van der Waals surface area contributed by atoms with Gasteiger partial charge in [0.1, 0.15) is 18.1 Å². The molecule has 11 heteroatoms. The Morgan fingerprint density at radius 2 is 1.69 bits per heavy atom. The van der Waals surface area contributed by atoms with Gasteiger partial charge in [0.2, 0.25) is 11.9 Å². The van der Waals surface area contributed by atoms with E-state index in [-0.39, 0.29) is 23.2 Å². The van der Waals surface area contributed by atoms with E-state index in [1.165, 1.54) is 36.7 Å². The van der Waals surface area contributed by atoms with Crippen LogP contribution in [0.5, 0.6) is 5.75 Å². The number of ether oxygens (including phenoxy) is 1. The van der Waals surface area contributed by atoms with E-state index in [2.05, 4.69) is 25.2 Å². The van der Waals surface area contributed by atoms with Crippen molar-refractivity contribution >= 4 is 27.6 Å². The van der Waals surface area contributed by atoms with Gasteiger partial charge in [0, 0.05) is 18.1 Å². The third-order valence-electron chi connectivity index (χ3n) is 5.09. The first-order chi connectivity index (χ1) is 16.8. The molecule has 2 aromatic heterocycles. The summed E-state index contributed by atoms with van der Waals surface area (Å²) in [5, 5.41) is 6.67. The van der Waals surface area contributed by atoms with Crippen molar-refractivity contribution in [1.82, 2.24) is 15.1 Å². The predicted molar refractivity (Wildman–Crippen MR) is 128 cm³/mol. The van der Waals surface area contributed by atoms with E-state index in [0.717, 1.165) is 22.6 Å². The van der Waals surface area contributed by atoms with E-state index >= 15 is 0 Å². The SMILES string of the molecule is Cc1noc(C)c1COc1ccc(CC(=O)Nc2ccc(S(=O)(=O)Nc3ncccn3)cc2)cc1. The highest BCUT2D eigenvalue weighted by atomic mass is 32.2. The number of amides is 1. The zero-order valence-corrected chi connectivity index (χ0v) is 19.9. The van der Waals surface area contributed by atoms with Crippen LogP contribution >= 0.6 is 0 Å². The molecule has 0 saturated heterocycles. The van der Waals surface area contributed by atoms with Crippen molar-refractivity contribution in [3.8, 4) is 5.75 Å². The van der Waals surface area contributed by atoms with Gasteiger partial charge in [0.05, 0.1) is 22.6 Å². The number of sulfonamides is 1. The maximum Gasteiger partial charge on any atom is 0.264 e. The smallest absolute Gasteiger partial charge is 0.264 e. The molecule has 180 valence electrons. The minimum absolute atomic E-state index is 0.0231. The predicted octanol–water partition coefficient (Wildman–Crippen LogP) is 3.64. The van der Waals surface area contributed by atoms with Crippen LogP contribution in [0.15, 0.2) is 76.4 Å². The summed E-state index contributed by atoms with van der Waals surface area (Å²) in [6, 6.07) is 14.6. The van der Waals surface area contributed by atoms with E-state index in [0.29, 0.717) is 18.0 Å². The van der Waals surface area contributed by atoms with E-state index in [1.807, 2.05) is 26.0 Å². The van der Waals surface area contributed by atoms with E-state index < -0.39 is 10.0 Å². The molecule has 0 radical (unpaired) electrons. The summed E-state index contributed by atoms with van der Waals surface area (Å²) in [7, 11) is -3.84. The third kappa shape index (κ3) is 6.21. The zero-order valence-electron chi connectivity index (χ0n) is 19.1. The Kier molecular flexibility index (Phi) is 7.06. The van der Waals surface area contributed by atoms with Gasteiger partial charge in [-0.2, -0.15) is 0 Å². The molecule has 2 aromatic carbocycles. The molecular weight excluding hydrogens is 470 g/mol. The van der Waals surface area contributed by atoms with Gasteiger partial charge in [0.25, 0.3) is 10.0 Å². The second kappa shape index (κ2) is 10.3. The second-order valence-electron chi connectivity index (χ2n) is 7.66. The van der Waals surface area contributed by atoms with Crippen LogP contribution in [-0.4, -0.2) is 29.4 Å². The molecule has 0 spiro atoms. The normalized spacial score (nSPS) is 11.1. The molecule has 1 amide bonds. The Bertz CT molecular complexity index is 1380. The Labute approximate surface area is 202 Å². The first-order valence-corrected chi connectivity index (χ1v) is 12.1. The molecular formula is C24H23N5O5S. The molecule has 0 saturated carbocycles. The number of nitrogens with one attached hydrogen (secondary N) is 2. The number of aryl methyl sites for hydroxylation is 2. The van der Waals surface area contributed by atoms with Crippen LogP contribution in [0.3, 0.4) is 0 Å². The van der Waals surface area contributed by atoms with Crippen molar-refractivity contribution in [2.45, 2.75) is 31.8 Å². The van der Waals surface area contributed by atoms with E-state index in [4.69, 9.17) is 9.26 Å². The van der Waals surface area contributed by atoms with Crippen molar-refractivity contribution < 1.29 is 22.5 Å². The summed E-state index contributed by atoms with van der Waals surface area (Å²) in [6.07, 6.45) is 3.02. The van der Waals surface area contributed by atoms with Gasteiger partial charge in [-0.25, -0.2) is 23.1 Å². The number of benzene rings is 2. The maximum absolute atomic E-state index is 12.5. The average molecular weight is 494 g/mol. The Hall–Kier alpha value is -4.25. The molecule has 35 heavy (non-hydrogen) atoms. The molecule has 0 aliphatic heterocycles. The van der Waals surface area contributed by atoms with Crippen molar-refractivity contribution in [3.63, 3.8) is 0 Å². The molecule has 4 aromatic rings. The summed E-state index contributed by atoms with van der Waals surface area (Å²) < 4.78 is 38.1. The minimum atomic E-state index is -3.84. The zero-order chi connectivity index (χ0) is 24.8. The first kappa shape index (κ1) is 23.9. The molecule has 4 rings (SSSR count). The fourth-order valence-corrected chi connectivity index (χ4v) is 4.16. The number of rotatable bonds is 9. The fourth-order valence-electron chi connectivity index (χ4n) is 3.21. The van der Waals surface area contributed by atoms with E-state index in [1.54, 1.807) is 18.2 Å². The highest BCUT2D eigenvalue weighted by molar-refractivity contribution is 7.92. The molecule has 2 N–H and O–H groups in total. The van der Waals surface area contributed by atoms with Gasteiger partial charge in [-0.3, -0.25) is 4.79 Å². The Morgan fingerprint density at radius 3 is 2.31 bits per heavy atom. The molecule has 0 aliphatic carbocycles. The molecule has 0 aliphatic rings. The van der Waals surface area contributed by atoms with Crippen LogP contribution < -0.4 is 14.8 Å². The number of anilines is 2. The van der Waals surface area contributed by atoms with Crippen LogP contribution in [-0.2, 0) is 27.8 Å². The van der Waals surface area contributed by atoms with Crippen molar-refractivity contribution in [2.75, 3.05) is 10.0 Å². The molecule has 2 heterocycles. The highest BCUT2D eigenvalue weighted by Crippen LogP contribution is 2.19. The molecule has 0 fully saturated rings. The minimum Gasteiger partial charge on any atom is -0.489 e. The maximum atomic E-state index is 12.5. The van der Waals surface area contributed by atoms with E-state index in [9.17, 15) is 13.2 Å². The molecule has 0 bridgehead atoms. The number of aromatic nitrogens is 3. The summed E-state index contributed by atoms with van der Waals surface area (Å²) in [5.41, 5.74) is 2.99. The first-order valence-electron chi connectivity index (χ1n) is 10.6. The summed E-state index contributed by atoms with van der Waals surface area (Å²) in [4.78, 5) is 20.2. The number of hydrogen-bond donors (Lipinski definition) is 2. The molecule has 0 atom stereocenters. The van der Waals surface area contributed by atoms with Crippen LogP contribution in [0, 0.1) is 13.8 Å². The lowest BCUT2D eigenvalue weighted by molar-refractivity contribution is -0.115. The topological polar surface area (TPSA) is 136 Å². The van der Waals surface area contributed by atoms with Crippen LogP contribution in [0.25, 0.3) is 0 Å². The van der Waals surface area contributed by atoms with Crippen LogP contribution in [0.2, 0.25) is 0 Å². The van der Waals surface area contributed by atoms with Crippen molar-refractivity contribution in [3.05, 3.63) is 89.6 Å². The van der Waals surface area contributed by atoms with Crippen molar-refractivity contribution in [1.29, 1.82) is 0 Å². The third-order valence-corrected chi connectivity index (χ3v) is 6.44. The monoisotopic (exact) mass is 493 g/mol. The second-order valence-corrected chi connectivity index (χ2v) is 9.34. The quantitative estimate of drug-likeness (QED) is 0.361. The Morgan fingerprint density at radius 1 is 1.00 bits per heavy atom. The van der Waals surface area contributed by atoms with Gasteiger partial charge in [-0.15, -0.1) is 0 Å². The lowest BCUT2D eigenvalue weighted by atomic mass is 10.1. The van der Waals surface area contributed by atoms with Crippen LogP contribution in [0.4, 0.5) is 11.6 Å². The van der Waals surface area contributed by atoms with Gasteiger partial charge >= 0.3 is 0 Å². The highest BCUT2D eigenvalue weighted by Gasteiger charge is 2.16. The number of nitrogens with zero attached hydrogens (tertiary/aromatic N) is 3. The van der Waals surface area contributed by atoms with Crippen molar-refractivity contribution in [2.24, 2.45) is 0 Å². The number of carbonyl (C=O) groups is 1. The molecule has 10 nitrogen and oxygen atoms in total. The number of carbonyl (C=O) groups excluding carboxylic acids is 1. The summed E-state index contributed by atoms with van der Waals surface area (Å²) in [6.45, 7) is 4.05. The van der Waals surface area contributed by atoms with Crippen LogP contribution in [0.1, 0.15) is 22.6 Å². The largest absolute Gasteiger partial charge is 0.489 e. The lowest BCUT2D eigenvalue weighted by Gasteiger charge is -2.09. The lowest BCUT2D eigenvalue weighted by Crippen LogP contribution is -2.16. The molecule has 0 unspecified atom stereocenters. The Balaban J connectivity index is 1.30.